The van der Waals surface area contributed by atoms with Gasteiger partial charge in [-0.15, -0.1) is 0 Å². The van der Waals surface area contributed by atoms with E-state index in [-0.39, 0.29) is 55.6 Å². The molecular formula is C58H52O2Si. The summed E-state index contributed by atoms with van der Waals surface area (Å²) in [7, 11) is -4.02. The average Bonchev–Trinajstić information content (AvgIpc) is 0.715. The Morgan fingerprint density at radius 2 is 0.820 bits per heavy atom. The summed E-state index contributed by atoms with van der Waals surface area (Å²) in [4.78, 5) is 0. The highest BCUT2D eigenvalue weighted by molar-refractivity contribution is 7.20. The van der Waals surface area contributed by atoms with Crippen LogP contribution in [0, 0.1) is 27.4 Å². The first-order valence-corrected chi connectivity index (χ1v) is 21.6. The Kier molecular flexibility index (Phi) is 4.81. The van der Waals surface area contributed by atoms with Crippen molar-refractivity contribution in [2.24, 2.45) is 0 Å². The van der Waals surface area contributed by atoms with Crippen LogP contribution in [0.25, 0.3) is 22.3 Å². The molecule has 0 N–H and O–H groups in total. The van der Waals surface area contributed by atoms with Crippen LogP contribution in [-0.2, 0) is 10.8 Å². The van der Waals surface area contributed by atoms with Crippen molar-refractivity contribution in [1.29, 1.82) is 0 Å². The summed E-state index contributed by atoms with van der Waals surface area (Å²) in [6, 6.07) is 42.7. The highest BCUT2D eigenvalue weighted by Gasteiger charge is 2.43. The topological polar surface area (TPSA) is 18.5 Å². The molecule has 0 saturated heterocycles. The second-order valence-corrected chi connectivity index (χ2v) is 19.3. The monoisotopic (exact) mass is 833 g/mol. The molecule has 2 heterocycles. The summed E-state index contributed by atoms with van der Waals surface area (Å²) < 4.78 is 224. The van der Waals surface area contributed by atoms with Gasteiger partial charge in [-0.3, -0.25) is 0 Å². The lowest BCUT2D eigenvalue weighted by atomic mass is 9.74. The molecule has 0 amide bonds. The Balaban J connectivity index is 1.31. The van der Waals surface area contributed by atoms with Crippen LogP contribution in [-0.4, -0.2) is 8.07 Å². The van der Waals surface area contributed by atoms with Crippen molar-refractivity contribution in [1.82, 2.24) is 0 Å². The van der Waals surface area contributed by atoms with E-state index in [1.54, 1.807) is 84.9 Å². The van der Waals surface area contributed by atoms with E-state index < -0.39 is 108 Å². The van der Waals surface area contributed by atoms with Gasteiger partial charge in [0.1, 0.15) is 23.0 Å². The summed E-state index contributed by atoms with van der Waals surface area (Å²) in [5.41, 5.74) is -8.97. The minimum atomic E-state index is -4.02. The zero-order valence-electron chi connectivity index (χ0n) is 56.5. The standard InChI is InChI=1S/C58H52O2Si/c1-37-25-29-47-51(33-37)59-55-49(57(47,5)6)31-27-39(3)53(55)41-17-15-23-45(35-41)61(43-19-11-9-12-20-43,44-21-13-10-14-22-44)46-24-16-18-42(36-46)54-40(4)28-32-50-56(54)60-52-34-38(2)26-30-48(52)58(50,7)8/h9-36H,1-8H3/i1D3,2D3,3D3,4D3,5D3,6D3,7D3,8D3. The van der Waals surface area contributed by atoms with Gasteiger partial charge in [-0.05, 0) is 93.7 Å². The minimum Gasteiger partial charge on any atom is -0.456 e. The fourth-order valence-corrected chi connectivity index (χ4v) is 13.9. The van der Waals surface area contributed by atoms with Gasteiger partial charge < -0.3 is 9.47 Å². The van der Waals surface area contributed by atoms with Gasteiger partial charge in [-0.25, -0.2) is 0 Å². The summed E-state index contributed by atoms with van der Waals surface area (Å²) in [5.74, 6) is -1.76. The first kappa shape index (κ1) is 20.4. The van der Waals surface area contributed by atoms with Crippen LogP contribution in [0.5, 0.6) is 23.0 Å². The van der Waals surface area contributed by atoms with Gasteiger partial charge in [0.05, 0.1) is 0 Å². The van der Waals surface area contributed by atoms with Gasteiger partial charge in [-0.2, -0.15) is 0 Å². The number of ether oxygens (including phenoxy) is 2. The average molecular weight is 833 g/mol. The normalized spacial score (nSPS) is 21.9. The van der Waals surface area contributed by atoms with Crippen LogP contribution in [0.2, 0.25) is 0 Å². The van der Waals surface area contributed by atoms with Crippen molar-refractivity contribution >= 4 is 28.8 Å². The number of benzene rings is 8. The Bertz CT molecular complexity index is 3620. The van der Waals surface area contributed by atoms with Gasteiger partial charge in [0.2, 0.25) is 0 Å². The molecule has 8 aromatic rings. The van der Waals surface area contributed by atoms with Crippen LogP contribution in [0.3, 0.4) is 0 Å². The Hall–Kier alpha value is -6.42. The van der Waals surface area contributed by atoms with Gasteiger partial charge >= 0.3 is 0 Å². The molecule has 0 bridgehead atoms. The molecule has 300 valence electrons. The first-order chi connectivity index (χ1) is 39.2. The highest BCUT2D eigenvalue weighted by Crippen LogP contribution is 2.54. The molecule has 2 aliphatic rings. The van der Waals surface area contributed by atoms with E-state index in [0.717, 1.165) is 60.7 Å². The third kappa shape index (κ3) is 6.04. The highest BCUT2D eigenvalue weighted by atomic mass is 28.3. The molecule has 61 heavy (non-hydrogen) atoms. The van der Waals surface area contributed by atoms with E-state index in [2.05, 4.69) is 0 Å². The smallest absolute Gasteiger partial charge is 0.179 e. The molecule has 0 radical (unpaired) electrons. The quantitative estimate of drug-likeness (QED) is 0.123. The van der Waals surface area contributed by atoms with Crippen molar-refractivity contribution in [3.05, 3.63) is 214 Å². The SMILES string of the molecule is [2H]C([2H])([2H])c1ccc2c(c1)Oc1c(ccc(C([2H])([2H])[2H])c1-c1cccc([Si](c3ccccc3)(c3ccccc3)c3cccc(-c4c(C([2H])([2H])[2H])ccc5c4Oc4cc(C([2H])([2H])[2H])ccc4C5(C([2H])([2H])[2H])C([2H])([2H])[2H])c3)c1)C2(C([2H])([2H])[2H])C([2H])([2H])[2H]. The Morgan fingerprint density at radius 1 is 0.393 bits per heavy atom. The minimum absolute atomic E-state index is 0.108. The summed E-state index contributed by atoms with van der Waals surface area (Å²) in [6.45, 7) is -25.2. The number of hydrogen-bond donors (Lipinski definition) is 0. The van der Waals surface area contributed by atoms with E-state index in [1.807, 2.05) is 24.3 Å². The van der Waals surface area contributed by atoms with E-state index in [0.29, 0.717) is 20.7 Å². The van der Waals surface area contributed by atoms with Crippen molar-refractivity contribution in [2.45, 2.75) is 65.6 Å². The lowest BCUT2D eigenvalue weighted by Gasteiger charge is -2.37. The molecule has 0 atom stereocenters. The third-order valence-electron chi connectivity index (χ3n) is 11.9. The van der Waals surface area contributed by atoms with Gasteiger partial charge in [-0.1, -0.05) is 185 Å². The number of rotatable bonds is 6. The van der Waals surface area contributed by atoms with Crippen LogP contribution >= 0.6 is 0 Å². The maximum absolute atomic E-state index is 9.03. The zero-order chi connectivity index (χ0) is 62.3. The molecular weight excluding hydrogens is 757 g/mol. The van der Waals surface area contributed by atoms with Gasteiger partial charge in [0.25, 0.3) is 0 Å². The molecule has 0 spiro atoms. The third-order valence-corrected chi connectivity index (χ3v) is 16.7. The van der Waals surface area contributed by atoms with Crippen LogP contribution in [0.15, 0.2) is 170 Å². The van der Waals surface area contributed by atoms with Crippen molar-refractivity contribution in [3.63, 3.8) is 0 Å². The fraction of sp³-hybridized carbons (Fsp3) is 0.172. The summed E-state index contributed by atoms with van der Waals surface area (Å²) >= 11 is 0. The maximum Gasteiger partial charge on any atom is 0.179 e. The van der Waals surface area contributed by atoms with E-state index in [4.69, 9.17) is 42.4 Å². The first-order valence-electron chi connectivity index (χ1n) is 31.6. The number of fused-ring (bicyclic) bond motifs is 4. The summed E-state index contributed by atoms with van der Waals surface area (Å²) in [5, 5.41) is 2.44. The zero-order valence-corrected chi connectivity index (χ0v) is 33.5. The van der Waals surface area contributed by atoms with Crippen molar-refractivity contribution < 1.29 is 42.4 Å². The Morgan fingerprint density at radius 3 is 1.23 bits per heavy atom. The maximum atomic E-state index is 9.03. The van der Waals surface area contributed by atoms with Crippen molar-refractivity contribution in [3.8, 4) is 45.3 Å². The lowest BCUT2D eigenvalue weighted by Crippen LogP contribution is -2.74. The molecule has 0 aliphatic carbocycles. The van der Waals surface area contributed by atoms with Crippen LogP contribution in [0.1, 0.15) is 105 Å². The molecule has 10 rings (SSSR count). The molecule has 0 aromatic heterocycles. The van der Waals surface area contributed by atoms with E-state index in [9.17, 15) is 0 Å². The molecule has 8 aromatic carbocycles. The largest absolute Gasteiger partial charge is 0.456 e. The van der Waals surface area contributed by atoms with Gasteiger partial charge in [0, 0.05) is 77.1 Å². The fourth-order valence-electron chi connectivity index (χ4n) is 9.08. The molecule has 0 saturated carbocycles. The Labute approximate surface area is 396 Å². The second-order valence-electron chi connectivity index (χ2n) is 15.5. The molecule has 0 unspecified atom stereocenters. The lowest BCUT2D eigenvalue weighted by molar-refractivity contribution is 0.418. The number of hydrogen-bond acceptors (Lipinski definition) is 2. The van der Waals surface area contributed by atoms with Gasteiger partial charge in [0.15, 0.2) is 8.07 Å². The predicted octanol–water partition coefficient (Wildman–Crippen LogP) is 12.5. The van der Waals surface area contributed by atoms with Crippen LogP contribution < -0.4 is 30.2 Å². The predicted molar refractivity (Wildman–Crippen MR) is 257 cm³/mol. The van der Waals surface area contributed by atoms with E-state index in [1.165, 1.54) is 0 Å². The second kappa shape index (κ2) is 14.4. The molecule has 0 fully saturated rings. The van der Waals surface area contributed by atoms with Crippen LogP contribution in [0.4, 0.5) is 0 Å². The van der Waals surface area contributed by atoms with E-state index >= 15 is 0 Å². The van der Waals surface area contributed by atoms with Crippen molar-refractivity contribution in [2.75, 3.05) is 0 Å². The molecule has 3 heteroatoms. The summed E-state index contributed by atoms with van der Waals surface area (Å²) in [6.07, 6.45) is 0. The number of aryl methyl sites for hydroxylation is 4. The molecule has 2 aliphatic heterocycles. The molecule has 2 nitrogen and oxygen atoms in total.